The second-order valence-electron chi connectivity index (χ2n) is 5.04. The molecule has 116 valence electrons. The molecule has 0 spiro atoms. The van der Waals surface area contributed by atoms with Crippen LogP contribution in [0.5, 0.6) is 5.75 Å². The molecule has 8 heteroatoms. The zero-order chi connectivity index (χ0) is 15.8. The van der Waals surface area contributed by atoms with Gasteiger partial charge in [-0.2, -0.15) is 4.31 Å². The van der Waals surface area contributed by atoms with Crippen LogP contribution in [-0.2, 0) is 14.8 Å². The number of sulfonamides is 1. The van der Waals surface area contributed by atoms with Crippen LogP contribution in [-0.4, -0.2) is 44.0 Å². The fraction of sp³-hybridized carbons (Fsp3) is 0.462. The molecule has 1 aliphatic rings. The fourth-order valence-corrected chi connectivity index (χ4v) is 4.42. The highest BCUT2D eigenvalue weighted by molar-refractivity contribution is 7.89. The SMILES string of the molecule is COc1ccc(Cl)cc1S(=O)(=O)N1C[C@@H](C)[C@H](C(=O)O)C1. The fourth-order valence-electron chi connectivity index (χ4n) is 2.43. The van der Waals surface area contributed by atoms with Gasteiger partial charge in [0.15, 0.2) is 0 Å². The van der Waals surface area contributed by atoms with Crippen LogP contribution in [0, 0.1) is 11.8 Å². The van der Waals surface area contributed by atoms with Gasteiger partial charge in [-0.3, -0.25) is 4.79 Å². The van der Waals surface area contributed by atoms with Crippen molar-refractivity contribution in [3.8, 4) is 5.75 Å². The van der Waals surface area contributed by atoms with E-state index in [2.05, 4.69) is 0 Å². The van der Waals surface area contributed by atoms with Gasteiger partial charge in [-0.05, 0) is 24.1 Å². The summed E-state index contributed by atoms with van der Waals surface area (Å²) in [6.45, 7) is 1.84. The number of ether oxygens (including phenoxy) is 1. The first-order chi connectivity index (χ1) is 9.77. The van der Waals surface area contributed by atoms with Crippen LogP contribution in [0.2, 0.25) is 5.02 Å². The van der Waals surface area contributed by atoms with E-state index >= 15 is 0 Å². The number of halogens is 1. The topological polar surface area (TPSA) is 83.9 Å². The number of rotatable bonds is 4. The van der Waals surface area contributed by atoms with Gasteiger partial charge >= 0.3 is 5.97 Å². The van der Waals surface area contributed by atoms with E-state index in [1.165, 1.54) is 29.6 Å². The molecule has 0 radical (unpaired) electrons. The number of carboxylic acids is 1. The summed E-state index contributed by atoms with van der Waals surface area (Å²) in [4.78, 5) is 11.1. The summed E-state index contributed by atoms with van der Waals surface area (Å²) < 4.78 is 31.6. The van der Waals surface area contributed by atoms with E-state index < -0.39 is 21.9 Å². The van der Waals surface area contributed by atoms with E-state index in [-0.39, 0.29) is 34.7 Å². The van der Waals surface area contributed by atoms with Crippen LogP contribution in [0.4, 0.5) is 0 Å². The molecule has 0 bridgehead atoms. The lowest BCUT2D eigenvalue weighted by atomic mass is 9.99. The predicted octanol–water partition coefficient (Wildman–Crippen LogP) is 1.69. The first kappa shape index (κ1) is 16.1. The van der Waals surface area contributed by atoms with Crippen molar-refractivity contribution < 1.29 is 23.1 Å². The Morgan fingerprint density at radius 3 is 2.62 bits per heavy atom. The lowest BCUT2D eigenvalue weighted by Crippen LogP contribution is -2.30. The van der Waals surface area contributed by atoms with Gasteiger partial charge in [-0.1, -0.05) is 18.5 Å². The van der Waals surface area contributed by atoms with Crippen molar-refractivity contribution in [3.63, 3.8) is 0 Å². The van der Waals surface area contributed by atoms with Crippen LogP contribution in [0.3, 0.4) is 0 Å². The molecule has 2 rings (SSSR count). The predicted molar refractivity (Wildman–Crippen MR) is 77.1 cm³/mol. The van der Waals surface area contributed by atoms with E-state index in [1.807, 2.05) is 0 Å². The van der Waals surface area contributed by atoms with Crippen molar-refractivity contribution in [1.82, 2.24) is 4.31 Å². The lowest BCUT2D eigenvalue weighted by Gasteiger charge is -2.18. The average Bonchev–Trinajstić information content (AvgIpc) is 2.81. The highest BCUT2D eigenvalue weighted by Gasteiger charge is 2.41. The first-order valence-corrected chi connectivity index (χ1v) is 8.15. The third kappa shape index (κ3) is 3.00. The third-order valence-corrected chi connectivity index (χ3v) is 5.73. The Labute approximate surface area is 128 Å². The van der Waals surface area contributed by atoms with Gasteiger partial charge in [-0.15, -0.1) is 0 Å². The van der Waals surface area contributed by atoms with Crippen LogP contribution in [0.1, 0.15) is 6.92 Å². The Kier molecular flexibility index (Phi) is 4.46. The first-order valence-electron chi connectivity index (χ1n) is 6.34. The highest BCUT2D eigenvalue weighted by atomic mass is 35.5. The molecule has 1 fully saturated rings. The Morgan fingerprint density at radius 1 is 1.43 bits per heavy atom. The Balaban J connectivity index is 2.40. The summed E-state index contributed by atoms with van der Waals surface area (Å²) in [6.07, 6.45) is 0. The van der Waals surface area contributed by atoms with Crippen molar-refractivity contribution in [3.05, 3.63) is 23.2 Å². The molecule has 0 aliphatic carbocycles. The van der Waals surface area contributed by atoms with Crippen molar-refractivity contribution in [2.45, 2.75) is 11.8 Å². The summed E-state index contributed by atoms with van der Waals surface area (Å²) in [5.41, 5.74) is 0. The maximum absolute atomic E-state index is 12.7. The van der Waals surface area contributed by atoms with E-state index in [4.69, 9.17) is 21.4 Å². The number of carbonyl (C=O) groups is 1. The maximum Gasteiger partial charge on any atom is 0.308 e. The molecule has 0 unspecified atom stereocenters. The summed E-state index contributed by atoms with van der Waals surface area (Å²) in [6, 6.07) is 4.32. The van der Waals surface area contributed by atoms with E-state index in [0.29, 0.717) is 0 Å². The molecule has 1 N–H and O–H groups in total. The molecule has 1 heterocycles. The van der Waals surface area contributed by atoms with Crippen LogP contribution >= 0.6 is 11.6 Å². The average molecular weight is 334 g/mol. The van der Waals surface area contributed by atoms with Gasteiger partial charge in [0.2, 0.25) is 10.0 Å². The van der Waals surface area contributed by atoms with Crippen molar-refractivity contribution >= 4 is 27.6 Å². The standard InChI is InChI=1S/C13H16ClNO5S/c1-8-6-15(7-10(8)13(16)17)21(18,19)12-5-9(14)3-4-11(12)20-2/h3-5,8,10H,6-7H2,1-2H3,(H,16,17)/t8-,10-/m1/s1. The monoisotopic (exact) mass is 333 g/mol. The quantitative estimate of drug-likeness (QED) is 0.906. The van der Waals surface area contributed by atoms with Gasteiger partial charge in [0.05, 0.1) is 13.0 Å². The number of nitrogens with zero attached hydrogens (tertiary/aromatic N) is 1. The lowest BCUT2D eigenvalue weighted by molar-refractivity contribution is -0.142. The Morgan fingerprint density at radius 2 is 2.10 bits per heavy atom. The van der Waals surface area contributed by atoms with E-state index in [9.17, 15) is 13.2 Å². The molecule has 0 aromatic heterocycles. The van der Waals surface area contributed by atoms with Crippen LogP contribution in [0.15, 0.2) is 23.1 Å². The van der Waals surface area contributed by atoms with E-state index in [0.717, 1.165) is 0 Å². The number of hydrogen-bond acceptors (Lipinski definition) is 4. The molecule has 1 aliphatic heterocycles. The minimum atomic E-state index is -3.84. The molecule has 0 saturated carbocycles. The Hall–Kier alpha value is -1.31. The molecule has 2 atom stereocenters. The normalized spacial score (nSPS) is 23.2. The summed E-state index contributed by atoms with van der Waals surface area (Å²) in [5, 5.41) is 9.39. The molecular weight excluding hydrogens is 318 g/mol. The zero-order valence-corrected chi connectivity index (χ0v) is 13.2. The number of carboxylic acid groups (broad SMARTS) is 1. The molecular formula is C13H16ClNO5S. The van der Waals surface area contributed by atoms with Gasteiger partial charge in [0, 0.05) is 18.1 Å². The van der Waals surface area contributed by atoms with Gasteiger partial charge in [0.1, 0.15) is 10.6 Å². The van der Waals surface area contributed by atoms with E-state index in [1.54, 1.807) is 6.92 Å². The summed E-state index contributed by atoms with van der Waals surface area (Å²) in [7, 11) is -2.47. The molecule has 21 heavy (non-hydrogen) atoms. The maximum atomic E-state index is 12.7. The second-order valence-corrected chi connectivity index (χ2v) is 7.38. The molecule has 6 nitrogen and oxygen atoms in total. The minimum absolute atomic E-state index is 0.0456. The van der Waals surface area contributed by atoms with Gasteiger partial charge in [0.25, 0.3) is 0 Å². The number of hydrogen-bond donors (Lipinski definition) is 1. The van der Waals surface area contributed by atoms with Crippen LogP contribution < -0.4 is 4.74 Å². The van der Waals surface area contributed by atoms with Gasteiger partial charge < -0.3 is 9.84 Å². The smallest absolute Gasteiger partial charge is 0.308 e. The molecule has 1 saturated heterocycles. The van der Waals surface area contributed by atoms with Crippen molar-refractivity contribution in [2.75, 3.05) is 20.2 Å². The minimum Gasteiger partial charge on any atom is -0.495 e. The highest BCUT2D eigenvalue weighted by Crippen LogP contribution is 2.34. The summed E-state index contributed by atoms with van der Waals surface area (Å²) >= 11 is 5.86. The largest absolute Gasteiger partial charge is 0.495 e. The second kappa shape index (κ2) is 5.82. The molecule has 1 aromatic carbocycles. The third-order valence-electron chi connectivity index (χ3n) is 3.64. The molecule has 1 aromatic rings. The summed E-state index contributed by atoms with van der Waals surface area (Å²) in [5.74, 6) is -1.75. The number of methoxy groups -OCH3 is 1. The number of aliphatic carboxylic acids is 1. The van der Waals surface area contributed by atoms with Crippen LogP contribution in [0.25, 0.3) is 0 Å². The Bertz CT molecular complexity index is 661. The number of benzene rings is 1. The molecule has 0 amide bonds. The van der Waals surface area contributed by atoms with Crippen molar-refractivity contribution in [2.24, 2.45) is 11.8 Å². The van der Waals surface area contributed by atoms with Crippen molar-refractivity contribution in [1.29, 1.82) is 0 Å². The van der Waals surface area contributed by atoms with Gasteiger partial charge in [-0.25, -0.2) is 8.42 Å². The zero-order valence-electron chi connectivity index (χ0n) is 11.6.